The van der Waals surface area contributed by atoms with Gasteiger partial charge in [0.2, 0.25) is 6.79 Å². The minimum atomic E-state index is -0.867. The van der Waals surface area contributed by atoms with Crippen molar-refractivity contribution in [2.75, 3.05) is 6.79 Å². The van der Waals surface area contributed by atoms with Crippen LogP contribution in [0.5, 0.6) is 17.2 Å². The molecule has 9 nitrogen and oxygen atoms in total. The predicted molar refractivity (Wildman–Crippen MR) is 133 cm³/mol. The van der Waals surface area contributed by atoms with Gasteiger partial charge in [-0.3, -0.25) is 15.1 Å². The number of benzene rings is 2. The molecule has 0 aliphatic carbocycles. The first-order valence-corrected chi connectivity index (χ1v) is 11.8. The first-order chi connectivity index (χ1) is 18.2. The lowest BCUT2D eigenvalue weighted by Crippen LogP contribution is -2.33. The van der Waals surface area contributed by atoms with Crippen molar-refractivity contribution in [1.82, 2.24) is 19.9 Å². The molecule has 182 valence electrons. The molecule has 2 aliphatic rings. The Morgan fingerprint density at radius 1 is 1.03 bits per heavy atom. The van der Waals surface area contributed by atoms with Crippen molar-refractivity contribution in [3.8, 4) is 17.2 Å². The number of hydrogen-bond acceptors (Lipinski definition) is 6. The number of ether oxygens (including phenoxy) is 3. The SMILES string of the molecule is O=C(NC(=O)c1ccccn1)Oc1ccn2c1Cc1c([nH]c3ccccc13)C2c1ccc2c(c1)OCO2. The van der Waals surface area contributed by atoms with E-state index in [1.807, 2.05) is 42.6 Å². The number of H-pyrrole nitrogens is 1. The van der Waals surface area contributed by atoms with E-state index in [0.717, 1.165) is 33.4 Å². The molecule has 2 aliphatic heterocycles. The summed E-state index contributed by atoms with van der Waals surface area (Å²) in [6.45, 7) is 0.195. The van der Waals surface area contributed by atoms with Gasteiger partial charge in [-0.15, -0.1) is 0 Å². The van der Waals surface area contributed by atoms with Crippen molar-refractivity contribution in [3.63, 3.8) is 0 Å². The van der Waals surface area contributed by atoms with Crippen molar-refractivity contribution in [2.45, 2.75) is 12.5 Å². The van der Waals surface area contributed by atoms with E-state index in [1.165, 1.54) is 12.3 Å². The first-order valence-electron chi connectivity index (χ1n) is 11.8. The molecule has 5 aromatic rings. The van der Waals surface area contributed by atoms with Gasteiger partial charge in [-0.25, -0.2) is 4.79 Å². The number of aromatic amines is 1. The Morgan fingerprint density at radius 3 is 2.78 bits per heavy atom. The van der Waals surface area contributed by atoms with Gasteiger partial charge in [0.15, 0.2) is 17.2 Å². The topological polar surface area (TPSA) is 107 Å². The summed E-state index contributed by atoms with van der Waals surface area (Å²) < 4.78 is 18.9. The first kappa shape index (κ1) is 21.3. The van der Waals surface area contributed by atoms with Gasteiger partial charge in [0, 0.05) is 35.4 Å². The zero-order chi connectivity index (χ0) is 24.9. The van der Waals surface area contributed by atoms with E-state index >= 15 is 0 Å². The van der Waals surface area contributed by atoms with E-state index in [0.29, 0.717) is 23.7 Å². The summed E-state index contributed by atoms with van der Waals surface area (Å²) in [7, 11) is 0. The number of imide groups is 1. The smallest absolute Gasteiger partial charge is 0.419 e. The maximum atomic E-state index is 12.6. The number of nitrogens with zero attached hydrogens (tertiary/aromatic N) is 2. The van der Waals surface area contributed by atoms with Crippen LogP contribution in [-0.2, 0) is 6.42 Å². The Labute approximate surface area is 210 Å². The lowest BCUT2D eigenvalue weighted by atomic mass is 9.92. The summed E-state index contributed by atoms with van der Waals surface area (Å²) in [5.41, 5.74) is 5.16. The summed E-state index contributed by atoms with van der Waals surface area (Å²) in [6, 6.07) is 20.5. The molecule has 1 atom stereocenters. The monoisotopic (exact) mass is 492 g/mol. The standard InChI is InChI=1S/C28H20N4O5/c33-27(20-7-3-4-11-29-20)31-28(34)37-22-10-12-32-21(22)14-18-17-5-1-2-6-19(17)30-25(18)26(32)16-8-9-23-24(13-16)36-15-35-23/h1-13,26,30H,14-15H2,(H,31,33,34). The highest BCUT2D eigenvalue weighted by molar-refractivity contribution is 6.02. The summed E-state index contributed by atoms with van der Waals surface area (Å²) in [5, 5.41) is 3.36. The molecule has 2 amide bonds. The van der Waals surface area contributed by atoms with E-state index in [1.54, 1.807) is 18.2 Å². The number of carbonyl (C=O) groups is 2. The van der Waals surface area contributed by atoms with E-state index in [4.69, 9.17) is 14.2 Å². The van der Waals surface area contributed by atoms with Crippen LogP contribution in [0.3, 0.4) is 0 Å². The number of pyridine rings is 1. The molecule has 0 radical (unpaired) electrons. The van der Waals surface area contributed by atoms with Gasteiger partial charge in [-0.1, -0.05) is 30.3 Å². The molecule has 9 heteroatoms. The summed E-state index contributed by atoms with van der Waals surface area (Å²) in [5.74, 6) is 1.16. The summed E-state index contributed by atoms with van der Waals surface area (Å²) in [6.07, 6.45) is 3.06. The van der Waals surface area contributed by atoms with E-state index in [2.05, 4.69) is 25.9 Å². The Morgan fingerprint density at radius 2 is 1.89 bits per heavy atom. The number of fused-ring (bicyclic) bond motifs is 5. The molecule has 7 rings (SSSR count). The van der Waals surface area contributed by atoms with Crippen LogP contribution in [0.15, 0.2) is 79.1 Å². The van der Waals surface area contributed by atoms with Crippen LogP contribution in [0.4, 0.5) is 4.79 Å². The number of nitrogens with one attached hydrogen (secondary N) is 2. The molecule has 0 spiro atoms. The Balaban J connectivity index is 1.27. The molecule has 0 bridgehead atoms. The number of amides is 2. The van der Waals surface area contributed by atoms with Crippen molar-refractivity contribution in [2.24, 2.45) is 0 Å². The molecule has 0 fully saturated rings. The number of hydrogen-bond donors (Lipinski definition) is 2. The highest BCUT2D eigenvalue weighted by Gasteiger charge is 2.33. The quantitative estimate of drug-likeness (QED) is 0.375. The van der Waals surface area contributed by atoms with Gasteiger partial charge in [0.05, 0.1) is 11.7 Å². The predicted octanol–water partition coefficient (Wildman–Crippen LogP) is 4.56. The number of para-hydroxylation sites is 1. The third-order valence-electron chi connectivity index (χ3n) is 6.75. The maximum absolute atomic E-state index is 12.6. The summed E-state index contributed by atoms with van der Waals surface area (Å²) >= 11 is 0. The fraction of sp³-hybridized carbons (Fsp3) is 0.107. The molecule has 0 saturated heterocycles. The second-order valence-corrected chi connectivity index (χ2v) is 8.85. The summed E-state index contributed by atoms with van der Waals surface area (Å²) in [4.78, 5) is 32.6. The fourth-order valence-corrected chi connectivity index (χ4v) is 5.12. The molecule has 2 N–H and O–H groups in total. The normalized spacial score (nSPS) is 15.2. The molecule has 3 aromatic heterocycles. The number of rotatable bonds is 3. The zero-order valence-corrected chi connectivity index (χ0v) is 19.4. The largest absolute Gasteiger partial charge is 0.454 e. The lowest BCUT2D eigenvalue weighted by Gasteiger charge is -2.28. The van der Waals surface area contributed by atoms with Crippen LogP contribution >= 0.6 is 0 Å². The van der Waals surface area contributed by atoms with Gasteiger partial charge in [0.25, 0.3) is 5.91 Å². The molecule has 0 saturated carbocycles. The number of aromatic nitrogens is 3. The highest BCUT2D eigenvalue weighted by Crippen LogP contribution is 2.44. The van der Waals surface area contributed by atoms with Crippen LogP contribution in [0, 0.1) is 0 Å². The lowest BCUT2D eigenvalue weighted by molar-refractivity contribution is 0.0945. The van der Waals surface area contributed by atoms with Gasteiger partial charge in [-0.05, 0) is 47.5 Å². The Kier molecular flexibility index (Phi) is 4.75. The molecule has 5 heterocycles. The van der Waals surface area contributed by atoms with Gasteiger partial charge in [-0.2, -0.15) is 0 Å². The van der Waals surface area contributed by atoms with E-state index in [-0.39, 0.29) is 18.5 Å². The molecule has 2 aromatic carbocycles. The molecular weight excluding hydrogens is 472 g/mol. The highest BCUT2D eigenvalue weighted by atomic mass is 16.7. The van der Waals surface area contributed by atoms with Crippen molar-refractivity contribution in [3.05, 3.63) is 107 Å². The third-order valence-corrected chi connectivity index (χ3v) is 6.75. The maximum Gasteiger partial charge on any atom is 0.419 e. The average molecular weight is 492 g/mol. The Bertz CT molecular complexity index is 1690. The second kappa shape index (κ2) is 8.27. The minimum absolute atomic E-state index is 0.129. The van der Waals surface area contributed by atoms with E-state index in [9.17, 15) is 9.59 Å². The van der Waals surface area contributed by atoms with Crippen LogP contribution in [0.1, 0.15) is 39.0 Å². The van der Waals surface area contributed by atoms with Crippen molar-refractivity contribution < 1.29 is 23.8 Å². The van der Waals surface area contributed by atoms with Crippen LogP contribution in [-0.4, -0.2) is 33.3 Å². The van der Waals surface area contributed by atoms with Gasteiger partial charge in [0.1, 0.15) is 5.69 Å². The van der Waals surface area contributed by atoms with Crippen LogP contribution in [0.25, 0.3) is 10.9 Å². The minimum Gasteiger partial charge on any atom is -0.454 e. The fourth-order valence-electron chi connectivity index (χ4n) is 5.12. The van der Waals surface area contributed by atoms with Crippen LogP contribution in [0.2, 0.25) is 0 Å². The molecule has 37 heavy (non-hydrogen) atoms. The van der Waals surface area contributed by atoms with Crippen molar-refractivity contribution >= 4 is 22.9 Å². The van der Waals surface area contributed by atoms with Gasteiger partial charge >= 0.3 is 6.09 Å². The van der Waals surface area contributed by atoms with Crippen LogP contribution < -0.4 is 19.5 Å². The average Bonchev–Trinajstić information content (AvgIpc) is 3.64. The molecular formula is C28H20N4O5. The second-order valence-electron chi connectivity index (χ2n) is 8.85. The Hall–Kier alpha value is -5.05. The number of carbonyl (C=O) groups excluding carboxylic acids is 2. The molecule has 1 unspecified atom stereocenters. The van der Waals surface area contributed by atoms with E-state index < -0.39 is 12.0 Å². The zero-order valence-electron chi connectivity index (χ0n) is 19.4. The van der Waals surface area contributed by atoms with Crippen molar-refractivity contribution in [1.29, 1.82) is 0 Å². The van der Waals surface area contributed by atoms with Gasteiger partial charge < -0.3 is 23.8 Å². The third kappa shape index (κ3) is 3.51.